The molecule has 0 amide bonds. The highest BCUT2D eigenvalue weighted by Gasteiger charge is 1.94. The van der Waals surface area contributed by atoms with Gasteiger partial charge in [0.1, 0.15) is 0 Å². The summed E-state index contributed by atoms with van der Waals surface area (Å²) in [5.74, 6) is -0.681. The Hall–Kier alpha value is -1.05. The number of hydrogen-bond donors (Lipinski definition) is 1. The third-order valence-electron chi connectivity index (χ3n) is 3.81. The van der Waals surface area contributed by atoms with Crippen LogP contribution in [0.1, 0.15) is 96.8 Å². The lowest BCUT2D eigenvalue weighted by molar-refractivity contribution is -0.137. The fourth-order valence-electron chi connectivity index (χ4n) is 2.40. The molecule has 0 spiro atoms. The van der Waals surface area contributed by atoms with Crippen LogP contribution in [0.2, 0.25) is 0 Å². The Morgan fingerprint density at radius 2 is 1.09 bits per heavy atom. The average Bonchev–Trinajstić information content (AvgIpc) is 2.50. The lowest BCUT2D eigenvalue weighted by Crippen LogP contribution is -1.92. The van der Waals surface area contributed by atoms with Crippen molar-refractivity contribution in [3.05, 3.63) is 24.3 Å². The highest BCUT2D eigenvalue weighted by molar-refractivity contribution is 5.66. The zero-order valence-electron chi connectivity index (χ0n) is 14.6. The normalized spacial score (nSPS) is 11.7. The van der Waals surface area contributed by atoms with E-state index in [0.717, 1.165) is 19.3 Å². The van der Waals surface area contributed by atoms with Gasteiger partial charge in [0, 0.05) is 6.42 Å². The van der Waals surface area contributed by atoms with E-state index in [-0.39, 0.29) is 0 Å². The largest absolute Gasteiger partial charge is 0.481 e. The van der Waals surface area contributed by atoms with Crippen LogP contribution in [0.15, 0.2) is 24.3 Å². The SMILES string of the molecule is CCCCCCC=CCCCCCC=CCCCCC(=O)O. The first-order chi connectivity index (χ1) is 10.8. The van der Waals surface area contributed by atoms with Gasteiger partial charge in [-0.25, -0.2) is 0 Å². The van der Waals surface area contributed by atoms with Crippen LogP contribution in [0.3, 0.4) is 0 Å². The molecule has 22 heavy (non-hydrogen) atoms. The predicted molar refractivity (Wildman–Crippen MR) is 96.2 cm³/mol. The first kappa shape index (κ1) is 20.9. The van der Waals surface area contributed by atoms with Crippen molar-refractivity contribution in [3.63, 3.8) is 0 Å². The number of unbranched alkanes of at least 4 members (excludes halogenated alkanes) is 10. The van der Waals surface area contributed by atoms with Crippen LogP contribution in [0.5, 0.6) is 0 Å². The molecule has 0 aliphatic heterocycles. The van der Waals surface area contributed by atoms with Crippen LogP contribution < -0.4 is 0 Å². The smallest absolute Gasteiger partial charge is 0.303 e. The Morgan fingerprint density at radius 1 is 0.682 bits per heavy atom. The molecule has 0 aliphatic rings. The first-order valence-electron chi connectivity index (χ1n) is 9.29. The molecule has 0 atom stereocenters. The van der Waals surface area contributed by atoms with E-state index in [4.69, 9.17) is 5.11 Å². The molecule has 0 aromatic carbocycles. The van der Waals surface area contributed by atoms with Crippen LogP contribution in [0.4, 0.5) is 0 Å². The number of carboxylic acid groups (broad SMARTS) is 1. The van der Waals surface area contributed by atoms with Crippen molar-refractivity contribution in [1.82, 2.24) is 0 Å². The van der Waals surface area contributed by atoms with Gasteiger partial charge in [-0.05, 0) is 57.8 Å². The van der Waals surface area contributed by atoms with Gasteiger partial charge in [0.25, 0.3) is 0 Å². The minimum absolute atomic E-state index is 0.306. The van der Waals surface area contributed by atoms with Gasteiger partial charge in [-0.15, -0.1) is 0 Å². The number of carboxylic acids is 1. The number of allylic oxidation sites excluding steroid dienone is 4. The monoisotopic (exact) mass is 308 g/mol. The van der Waals surface area contributed by atoms with E-state index in [9.17, 15) is 4.79 Å². The highest BCUT2D eigenvalue weighted by Crippen LogP contribution is 2.07. The third-order valence-corrected chi connectivity index (χ3v) is 3.81. The maximum atomic E-state index is 10.3. The second-order valence-corrected chi connectivity index (χ2v) is 6.07. The van der Waals surface area contributed by atoms with Crippen LogP contribution in [-0.4, -0.2) is 11.1 Å². The number of carbonyl (C=O) groups is 1. The van der Waals surface area contributed by atoms with Gasteiger partial charge in [0.05, 0.1) is 0 Å². The van der Waals surface area contributed by atoms with Crippen LogP contribution >= 0.6 is 0 Å². The second-order valence-electron chi connectivity index (χ2n) is 6.07. The summed E-state index contributed by atoms with van der Waals surface area (Å²) in [5.41, 5.74) is 0. The molecule has 0 aromatic rings. The summed E-state index contributed by atoms with van der Waals surface area (Å²) in [5, 5.41) is 8.52. The summed E-state index contributed by atoms with van der Waals surface area (Å²) >= 11 is 0. The van der Waals surface area contributed by atoms with E-state index in [1.807, 2.05) is 0 Å². The molecule has 2 nitrogen and oxygen atoms in total. The van der Waals surface area contributed by atoms with Gasteiger partial charge in [0.2, 0.25) is 0 Å². The summed E-state index contributed by atoms with van der Waals surface area (Å²) in [6.45, 7) is 2.25. The standard InChI is InChI=1S/C20H36O2/c1-2-3-4-5-6-7-8-9-10-11-12-13-14-15-16-17-18-19-20(21)22/h7-8,14-15H,2-6,9-13,16-19H2,1H3,(H,21,22). The molecule has 0 saturated heterocycles. The van der Waals surface area contributed by atoms with Gasteiger partial charge in [-0.3, -0.25) is 4.79 Å². The summed E-state index contributed by atoms with van der Waals surface area (Å²) in [6, 6.07) is 0. The summed E-state index contributed by atoms with van der Waals surface area (Å²) < 4.78 is 0. The van der Waals surface area contributed by atoms with E-state index in [2.05, 4.69) is 31.2 Å². The summed E-state index contributed by atoms with van der Waals surface area (Å²) in [7, 11) is 0. The fraction of sp³-hybridized carbons (Fsp3) is 0.750. The molecular weight excluding hydrogens is 272 g/mol. The third kappa shape index (κ3) is 18.9. The molecule has 0 unspecified atom stereocenters. The molecule has 0 radical (unpaired) electrons. The maximum absolute atomic E-state index is 10.3. The van der Waals surface area contributed by atoms with Gasteiger partial charge in [-0.1, -0.05) is 56.9 Å². The van der Waals surface area contributed by atoms with Crippen molar-refractivity contribution in [3.8, 4) is 0 Å². The van der Waals surface area contributed by atoms with E-state index < -0.39 is 5.97 Å². The average molecular weight is 309 g/mol. The van der Waals surface area contributed by atoms with Gasteiger partial charge >= 0.3 is 5.97 Å². The molecule has 2 heteroatoms. The number of rotatable bonds is 16. The molecule has 1 N–H and O–H groups in total. The molecule has 0 fully saturated rings. The van der Waals surface area contributed by atoms with Crippen LogP contribution in [-0.2, 0) is 4.79 Å². The van der Waals surface area contributed by atoms with E-state index in [0.29, 0.717) is 6.42 Å². The van der Waals surface area contributed by atoms with E-state index in [1.165, 1.54) is 64.2 Å². The Labute approximate surface area is 137 Å². The minimum atomic E-state index is -0.681. The van der Waals surface area contributed by atoms with Crippen molar-refractivity contribution >= 4 is 5.97 Å². The second kappa shape index (κ2) is 18.0. The predicted octanol–water partition coefficient (Wildman–Crippen LogP) is 6.66. The van der Waals surface area contributed by atoms with Crippen LogP contribution in [0, 0.1) is 0 Å². The minimum Gasteiger partial charge on any atom is -0.481 e. The Balaban J connectivity index is 3.16. The molecular formula is C20H36O2. The van der Waals surface area contributed by atoms with Crippen molar-refractivity contribution in [1.29, 1.82) is 0 Å². The van der Waals surface area contributed by atoms with Gasteiger partial charge in [0.15, 0.2) is 0 Å². The van der Waals surface area contributed by atoms with Gasteiger partial charge < -0.3 is 5.11 Å². The first-order valence-corrected chi connectivity index (χ1v) is 9.29. The molecule has 0 rings (SSSR count). The molecule has 128 valence electrons. The Kier molecular flexibility index (Phi) is 17.1. The summed E-state index contributed by atoms with van der Waals surface area (Å²) in [6.07, 6.45) is 25.2. The lowest BCUT2D eigenvalue weighted by atomic mass is 10.1. The molecule has 0 bridgehead atoms. The topological polar surface area (TPSA) is 37.3 Å². The van der Waals surface area contributed by atoms with E-state index >= 15 is 0 Å². The Morgan fingerprint density at radius 3 is 1.50 bits per heavy atom. The van der Waals surface area contributed by atoms with Crippen molar-refractivity contribution < 1.29 is 9.90 Å². The fourth-order valence-corrected chi connectivity index (χ4v) is 2.40. The zero-order valence-corrected chi connectivity index (χ0v) is 14.6. The van der Waals surface area contributed by atoms with Gasteiger partial charge in [-0.2, -0.15) is 0 Å². The maximum Gasteiger partial charge on any atom is 0.303 e. The Bertz CT molecular complexity index is 292. The van der Waals surface area contributed by atoms with Crippen molar-refractivity contribution in [2.45, 2.75) is 96.8 Å². The highest BCUT2D eigenvalue weighted by atomic mass is 16.4. The van der Waals surface area contributed by atoms with Crippen molar-refractivity contribution in [2.24, 2.45) is 0 Å². The molecule has 0 aliphatic carbocycles. The number of aliphatic carboxylic acids is 1. The number of hydrogen-bond acceptors (Lipinski definition) is 1. The van der Waals surface area contributed by atoms with Crippen LogP contribution in [0.25, 0.3) is 0 Å². The molecule has 0 aromatic heterocycles. The molecule has 0 heterocycles. The van der Waals surface area contributed by atoms with E-state index in [1.54, 1.807) is 0 Å². The lowest BCUT2D eigenvalue weighted by Gasteiger charge is -1.97. The van der Waals surface area contributed by atoms with Crippen molar-refractivity contribution in [2.75, 3.05) is 0 Å². The quantitative estimate of drug-likeness (QED) is 0.255. The zero-order chi connectivity index (χ0) is 16.3. The summed E-state index contributed by atoms with van der Waals surface area (Å²) in [4.78, 5) is 10.3. The molecule has 0 saturated carbocycles.